The van der Waals surface area contributed by atoms with Crippen LogP contribution in [0.2, 0.25) is 0 Å². The maximum atomic E-state index is 13.1. The van der Waals surface area contributed by atoms with E-state index in [0.717, 1.165) is 63.0 Å². The van der Waals surface area contributed by atoms with Crippen molar-refractivity contribution in [3.05, 3.63) is 53.4 Å². The molecule has 0 N–H and O–H groups in total. The molecule has 0 aliphatic carbocycles. The summed E-state index contributed by atoms with van der Waals surface area (Å²) in [6, 6.07) is 6.75. The van der Waals surface area contributed by atoms with Gasteiger partial charge in [0.2, 0.25) is 0 Å². The fourth-order valence-electron chi connectivity index (χ4n) is 3.99. The first-order valence-electron chi connectivity index (χ1n) is 9.36. The fourth-order valence-corrected chi connectivity index (χ4v) is 3.99. The maximum absolute atomic E-state index is 13.1. The van der Waals surface area contributed by atoms with Gasteiger partial charge in [-0.25, -0.2) is 9.37 Å². The Kier molecular flexibility index (Phi) is 5.13. The smallest absolute Gasteiger partial charge is 0.123 e. The highest BCUT2D eigenvalue weighted by molar-refractivity contribution is 5.21. The molecule has 1 aromatic heterocycles. The summed E-state index contributed by atoms with van der Waals surface area (Å²) in [7, 11) is 0. The molecule has 5 heteroatoms. The van der Waals surface area contributed by atoms with Crippen LogP contribution in [0.25, 0.3) is 0 Å². The predicted octanol–water partition coefficient (Wildman–Crippen LogP) is 3.25. The van der Waals surface area contributed by atoms with E-state index in [4.69, 9.17) is 4.74 Å². The first-order chi connectivity index (χ1) is 12.3. The number of halogens is 1. The number of aromatic nitrogens is 2. The molecule has 1 saturated heterocycles. The van der Waals surface area contributed by atoms with Crippen molar-refractivity contribution in [1.29, 1.82) is 0 Å². The van der Waals surface area contributed by atoms with Crippen molar-refractivity contribution in [2.45, 2.75) is 38.8 Å². The van der Waals surface area contributed by atoms with Crippen molar-refractivity contribution < 1.29 is 9.13 Å². The van der Waals surface area contributed by atoms with Crippen LogP contribution in [0.3, 0.4) is 0 Å². The Morgan fingerprint density at radius 3 is 2.72 bits per heavy atom. The van der Waals surface area contributed by atoms with Gasteiger partial charge in [0.25, 0.3) is 0 Å². The van der Waals surface area contributed by atoms with Crippen LogP contribution < -0.4 is 0 Å². The molecule has 0 bridgehead atoms. The van der Waals surface area contributed by atoms with Crippen molar-refractivity contribution >= 4 is 0 Å². The Morgan fingerprint density at radius 1 is 1.12 bits per heavy atom. The summed E-state index contributed by atoms with van der Waals surface area (Å²) in [5.41, 5.74) is 2.42. The van der Waals surface area contributed by atoms with Crippen LogP contribution in [0.4, 0.5) is 4.39 Å². The molecule has 3 heterocycles. The highest BCUT2D eigenvalue weighted by Gasteiger charge is 2.22. The predicted molar refractivity (Wildman–Crippen MR) is 94.9 cm³/mol. The average molecular weight is 343 g/mol. The third kappa shape index (κ3) is 4.10. The van der Waals surface area contributed by atoms with Crippen LogP contribution in [0.1, 0.15) is 36.3 Å². The van der Waals surface area contributed by atoms with E-state index in [1.807, 2.05) is 18.3 Å². The number of imidazole rings is 1. The largest absolute Gasteiger partial charge is 0.381 e. The van der Waals surface area contributed by atoms with E-state index >= 15 is 0 Å². The fraction of sp³-hybridized carbons (Fsp3) is 0.550. The number of hydrogen-bond donors (Lipinski definition) is 0. The summed E-state index contributed by atoms with van der Waals surface area (Å²) in [6.45, 7) is 6.15. The van der Waals surface area contributed by atoms with Gasteiger partial charge in [-0.05, 0) is 42.9 Å². The van der Waals surface area contributed by atoms with E-state index < -0.39 is 0 Å². The van der Waals surface area contributed by atoms with Crippen LogP contribution in [0.15, 0.2) is 30.5 Å². The van der Waals surface area contributed by atoms with Crippen molar-refractivity contribution in [2.24, 2.45) is 5.92 Å². The van der Waals surface area contributed by atoms with Gasteiger partial charge in [-0.1, -0.05) is 12.1 Å². The highest BCUT2D eigenvalue weighted by atomic mass is 19.1. The standard InChI is InChI=1S/C20H26FN3O/c21-18-4-2-16(3-5-18)12-20-22-13-19-15-23(8-1-9-24(19)20)14-17-6-10-25-11-7-17/h2-5,13,17H,1,6-12,14-15H2. The molecule has 0 spiro atoms. The molecule has 0 radical (unpaired) electrons. The van der Waals surface area contributed by atoms with Crippen LogP contribution in [-0.4, -0.2) is 40.8 Å². The van der Waals surface area contributed by atoms with Gasteiger partial charge in [-0.2, -0.15) is 0 Å². The lowest BCUT2D eigenvalue weighted by atomic mass is 9.99. The van der Waals surface area contributed by atoms with Crippen molar-refractivity contribution in [2.75, 3.05) is 26.3 Å². The summed E-state index contributed by atoms with van der Waals surface area (Å²) < 4.78 is 20.9. The van der Waals surface area contributed by atoms with Gasteiger partial charge in [-0.15, -0.1) is 0 Å². The topological polar surface area (TPSA) is 30.3 Å². The number of nitrogens with zero attached hydrogens (tertiary/aromatic N) is 3. The van der Waals surface area contributed by atoms with Gasteiger partial charge in [0.1, 0.15) is 11.6 Å². The number of benzene rings is 1. The molecule has 2 aromatic rings. The molecule has 1 fully saturated rings. The lowest BCUT2D eigenvalue weighted by Gasteiger charge is -2.28. The molecule has 1 aromatic carbocycles. The van der Waals surface area contributed by atoms with Crippen LogP contribution in [0.5, 0.6) is 0 Å². The molecular weight excluding hydrogens is 317 g/mol. The van der Waals surface area contributed by atoms with Crippen LogP contribution in [0, 0.1) is 11.7 Å². The van der Waals surface area contributed by atoms with E-state index in [0.29, 0.717) is 0 Å². The Bertz CT molecular complexity index is 691. The lowest BCUT2D eigenvalue weighted by molar-refractivity contribution is 0.0516. The van der Waals surface area contributed by atoms with Gasteiger partial charge in [-0.3, -0.25) is 4.90 Å². The van der Waals surface area contributed by atoms with E-state index in [1.165, 1.54) is 37.2 Å². The summed E-state index contributed by atoms with van der Waals surface area (Å²) in [5, 5.41) is 0. The lowest BCUT2D eigenvalue weighted by Crippen LogP contribution is -2.32. The van der Waals surface area contributed by atoms with E-state index in [9.17, 15) is 4.39 Å². The molecule has 0 amide bonds. The summed E-state index contributed by atoms with van der Waals surface area (Å²) >= 11 is 0. The minimum atomic E-state index is -0.186. The normalized spacial score (nSPS) is 19.6. The zero-order valence-electron chi connectivity index (χ0n) is 14.7. The number of hydrogen-bond acceptors (Lipinski definition) is 3. The SMILES string of the molecule is Fc1ccc(Cc2ncc3n2CCCN(CC2CCOCC2)C3)cc1. The van der Waals surface area contributed by atoms with Crippen LogP contribution >= 0.6 is 0 Å². The number of fused-ring (bicyclic) bond motifs is 1. The molecule has 2 aliphatic heterocycles. The molecule has 0 atom stereocenters. The molecule has 4 rings (SSSR count). The van der Waals surface area contributed by atoms with Gasteiger partial charge >= 0.3 is 0 Å². The van der Waals surface area contributed by atoms with Crippen molar-refractivity contribution in [3.8, 4) is 0 Å². The zero-order valence-corrected chi connectivity index (χ0v) is 14.7. The molecule has 0 saturated carbocycles. The zero-order chi connectivity index (χ0) is 17.1. The van der Waals surface area contributed by atoms with Gasteiger partial charge in [0, 0.05) is 52.0 Å². The minimum absolute atomic E-state index is 0.186. The molecule has 0 unspecified atom stereocenters. The quantitative estimate of drug-likeness (QED) is 0.854. The highest BCUT2D eigenvalue weighted by Crippen LogP contribution is 2.21. The second-order valence-electron chi connectivity index (χ2n) is 7.27. The number of rotatable bonds is 4. The molecule has 134 valence electrons. The summed E-state index contributed by atoms with van der Waals surface area (Å²) in [5.74, 6) is 1.67. The first kappa shape index (κ1) is 16.7. The Hall–Kier alpha value is -1.72. The van der Waals surface area contributed by atoms with Crippen LogP contribution in [-0.2, 0) is 24.2 Å². The second-order valence-corrected chi connectivity index (χ2v) is 7.27. The third-order valence-electron chi connectivity index (χ3n) is 5.40. The van der Waals surface area contributed by atoms with Gasteiger partial charge in [0.15, 0.2) is 0 Å². The first-order valence-corrected chi connectivity index (χ1v) is 9.36. The van der Waals surface area contributed by atoms with Gasteiger partial charge in [0.05, 0.1) is 5.69 Å². The summed E-state index contributed by atoms with van der Waals surface area (Å²) in [6.07, 6.45) is 6.32. The van der Waals surface area contributed by atoms with E-state index in [-0.39, 0.29) is 5.82 Å². The maximum Gasteiger partial charge on any atom is 0.123 e. The molecule has 2 aliphatic rings. The van der Waals surface area contributed by atoms with Gasteiger partial charge < -0.3 is 9.30 Å². The Balaban J connectivity index is 1.44. The van der Waals surface area contributed by atoms with Crippen molar-refractivity contribution in [1.82, 2.24) is 14.5 Å². The Morgan fingerprint density at radius 2 is 1.92 bits per heavy atom. The summed E-state index contributed by atoms with van der Waals surface area (Å²) in [4.78, 5) is 7.24. The van der Waals surface area contributed by atoms with E-state index in [1.54, 1.807) is 0 Å². The molecule has 4 nitrogen and oxygen atoms in total. The van der Waals surface area contributed by atoms with E-state index in [2.05, 4.69) is 14.5 Å². The second kappa shape index (κ2) is 7.67. The Labute approximate surface area is 148 Å². The van der Waals surface area contributed by atoms with Crippen molar-refractivity contribution in [3.63, 3.8) is 0 Å². The minimum Gasteiger partial charge on any atom is -0.381 e. The number of ether oxygens (including phenoxy) is 1. The molecular formula is C20H26FN3O. The average Bonchev–Trinajstić information content (AvgIpc) is 2.87. The molecule has 25 heavy (non-hydrogen) atoms. The third-order valence-corrected chi connectivity index (χ3v) is 5.40. The monoisotopic (exact) mass is 343 g/mol.